The van der Waals surface area contributed by atoms with Gasteiger partial charge >= 0.3 is 6.18 Å². The van der Waals surface area contributed by atoms with Crippen molar-refractivity contribution >= 4 is 34.7 Å². The van der Waals surface area contributed by atoms with Gasteiger partial charge < -0.3 is 5.32 Å². The molecule has 1 aliphatic heterocycles. The summed E-state index contributed by atoms with van der Waals surface area (Å²) in [4.78, 5) is 2.20. The number of rotatable bonds is 5. The van der Waals surface area contributed by atoms with E-state index >= 15 is 0 Å². The molecular formula is C15H23Cl2F3N2O2S. The highest BCUT2D eigenvalue weighted by Gasteiger charge is 2.31. The van der Waals surface area contributed by atoms with Crippen molar-refractivity contribution in [3.63, 3.8) is 0 Å². The number of sulfone groups is 1. The van der Waals surface area contributed by atoms with Gasteiger partial charge in [0.25, 0.3) is 0 Å². The number of nitrogens with zero attached hydrogens (tertiary/aromatic N) is 1. The third-order valence-corrected chi connectivity index (χ3v) is 5.12. The molecule has 0 aliphatic carbocycles. The number of alkyl halides is 3. The van der Waals surface area contributed by atoms with Gasteiger partial charge in [0, 0.05) is 44.9 Å². The highest BCUT2D eigenvalue weighted by molar-refractivity contribution is 7.90. The van der Waals surface area contributed by atoms with Gasteiger partial charge in [0.15, 0.2) is 9.84 Å². The van der Waals surface area contributed by atoms with Crippen LogP contribution in [0.1, 0.15) is 24.4 Å². The molecule has 1 atom stereocenters. The number of hydrogen-bond acceptors (Lipinski definition) is 4. The zero-order chi connectivity index (χ0) is 17.1. The number of nitrogens with one attached hydrogen (secondary N) is 1. The van der Waals surface area contributed by atoms with Crippen LogP contribution in [0.4, 0.5) is 13.2 Å². The van der Waals surface area contributed by atoms with E-state index in [1.54, 1.807) is 12.1 Å². The fourth-order valence-corrected chi connectivity index (χ4v) is 3.42. The van der Waals surface area contributed by atoms with Crippen LogP contribution in [-0.2, 0) is 9.84 Å². The topological polar surface area (TPSA) is 49.4 Å². The Labute approximate surface area is 158 Å². The summed E-state index contributed by atoms with van der Waals surface area (Å²) >= 11 is 0. The Bertz CT molecular complexity index is 619. The van der Waals surface area contributed by atoms with Crippen molar-refractivity contribution in [1.29, 1.82) is 0 Å². The number of halogens is 5. The first-order valence-electron chi connectivity index (χ1n) is 7.48. The first-order chi connectivity index (χ1) is 10.7. The van der Waals surface area contributed by atoms with Crippen molar-refractivity contribution in [2.75, 3.05) is 32.4 Å². The van der Waals surface area contributed by atoms with Crippen LogP contribution >= 0.6 is 24.8 Å². The van der Waals surface area contributed by atoms with Crippen molar-refractivity contribution in [3.05, 3.63) is 29.8 Å². The second kappa shape index (κ2) is 9.97. The summed E-state index contributed by atoms with van der Waals surface area (Å²) in [7, 11) is -3.31. The van der Waals surface area contributed by atoms with Crippen molar-refractivity contribution in [2.45, 2.75) is 30.0 Å². The smallest absolute Gasteiger partial charge is 0.314 e. The summed E-state index contributed by atoms with van der Waals surface area (Å²) in [5, 5.41) is 3.18. The van der Waals surface area contributed by atoms with Crippen LogP contribution in [0.5, 0.6) is 0 Å². The van der Waals surface area contributed by atoms with Gasteiger partial charge in [-0.2, -0.15) is 13.2 Å². The van der Waals surface area contributed by atoms with Gasteiger partial charge in [0.1, 0.15) is 0 Å². The Hall–Kier alpha value is -0.540. The van der Waals surface area contributed by atoms with E-state index in [0.29, 0.717) is 13.1 Å². The third kappa shape index (κ3) is 7.70. The Morgan fingerprint density at radius 2 is 1.64 bits per heavy atom. The summed E-state index contributed by atoms with van der Waals surface area (Å²) in [6.45, 7) is 2.83. The number of hydrogen-bond donors (Lipinski definition) is 1. The number of piperazine rings is 1. The van der Waals surface area contributed by atoms with Crippen LogP contribution in [0.15, 0.2) is 29.2 Å². The molecule has 0 aromatic heterocycles. The van der Waals surface area contributed by atoms with Gasteiger partial charge in [0.2, 0.25) is 0 Å². The molecule has 0 spiro atoms. The lowest BCUT2D eigenvalue weighted by molar-refractivity contribution is -0.138. The molecule has 10 heteroatoms. The fraction of sp³-hybridized carbons (Fsp3) is 0.600. The second-order valence-electron chi connectivity index (χ2n) is 5.80. The van der Waals surface area contributed by atoms with Crippen LogP contribution in [0.25, 0.3) is 0 Å². The Morgan fingerprint density at radius 3 is 2.08 bits per heavy atom. The Morgan fingerprint density at radius 1 is 1.12 bits per heavy atom. The fourth-order valence-electron chi connectivity index (χ4n) is 2.79. The molecule has 4 nitrogen and oxygen atoms in total. The van der Waals surface area contributed by atoms with Crippen LogP contribution in [-0.4, -0.2) is 51.9 Å². The summed E-state index contributed by atoms with van der Waals surface area (Å²) in [5.41, 5.74) is 0.726. The van der Waals surface area contributed by atoms with Crippen LogP contribution in [0, 0.1) is 0 Å². The predicted octanol–water partition coefficient (Wildman–Crippen LogP) is 3.22. The Balaban J connectivity index is 0.00000288. The molecule has 0 bridgehead atoms. The van der Waals surface area contributed by atoms with Crippen molar-refractivity contribution in [1.82, 2.24) is 10.2 Å². The second-order valence-corrected chi connectivity index (χ2v) is 7.81. The first-order valence-corrected chi connectivity index (χ1v) is 9.37. The quantitative estimate of drug-likeness (QED) is 0.791. The van der Waals surface area contributed by atoms with Crippen LogP contribution < -0.4 is 5.32 Å². The van der Waals surface area contributed by atoms with E-state index in [1.807, 2.05) is 4.90 Å². The highest BCUT2D eigenvalue weighted by Crippen LogP contribution is 2.32. The minimum Gasteiger partial charge on any atom is -0.314 e. The largest absolute Gasteiger partial charge is 0.389 e. The maximum atomic E-state index is 12.6. The minimum absolute atomic E-state index is 0. The highest BCUT2D eigenvalue weighted by atomic mass is 35.5. The predicted molar refractivity (Wildman–Crippen MR) is 96.5 cm³/mol. The molecule has 1 N–H and O–H groups in total. The van der Waals surface area contributed by atoms with Gasteiger partial charge in [-0.15, -0.1) is 24.8 Å². The number of benzene rings is 1. The maximum Gasteiger partial charge on any atom is 0.389 e. The molecule has 1 saturated heterocycles. The summed E-state index contributed by atoms with van der Waals surface area (Å²) < 4.78 is 60.8. The normalized spacial score (nSPS) is 17.3. The maximum absolute atomic E-state index is 12.6. The molecule has 1 aromatic rings. The molecule has 0 radical (unpaired) electrons. The lowest BCUT2D eigenvalue weighted by atomic mass is 9.99. The SMILES string of the molecule is CS(=O)(=O)c1ccc([C@H](CCC(F)(F)F)N2CCNCC2)cc1.Cl.Cl. The molecule has 1 fully saturated rings. The van der Waals surface area contributed by atoms with E-state index in [9.17, 15) is 21.6 Å². The molecule has 0 amide bonds. The van der Waals surface area contributed by atoms with E-state index in [4.69, 9.17) is 0 Å². The van der Waals surface area contributed by atoms with E-state index in [2.05, 4.69) is 5.32 Å². The average molecular weight is 423 g/mol. The molecular weight excluding hydrogens is 400 g/mol. The van der Waals surface area contributed by atoms with Crippen molar-refractivity contribution < 1.29 is 21.6 Å². The third-order valence-electron chi connectivity index (χ3n) is 3.99. The Kier molecular flexibility index (Phi) is 9.75. The van der Waals surface area contributed by atoms with Crippen LogP contribution in [0.2, 0.25) is 0 Å². The van der Waals surface area contributed by atoms with Crippen molar-refractivity contribution in [2.24, 2.45) is 0 Å². The van der Waals surface area contributed by atoms with Gasteiger partial charge in [-0.1, -0.05) is 12.1 Å². The molecule has 25 heavy (non-hydrogen) atoms. The lowest BCUT2D eigenvalue weighted by Crippen LogP contribution is -2.45. The minimum atomic E-state index is -4.20. The molecule has 1 heterocycles. The summed E-state index contributed by atoms with van der Waals surface area (Å²) in [6.07, 6.45) is -3.96. The molecule has 146 valence electrons. The van der Waals surface area contributed by atoms with E-state index in [1.165, 1.54) is 12.1 Å². The zero-order valence-electron chi connectivity index (χ0n) is 13.8. The van der Waals surface area contributed by atoms with Gasteiger partial charge in [-0.25, -0.2) is 8.42 Å². The van der Waals surface area contributed by atoms with Gasteiger partial charge in [-0.05, 0) is 24.1 Å². The standard InChI is InChI=1S/C15H21F3N2O2S.2ClH/c1-23(21,22)13-4-2-12(3-5-13)14(6-7-15(16,17)18)20-10-8-19-9-11-20;;/h2-5,14,19H,6-11H2,1H3;2*1H/t14-;;/m0../s1. The van der Waals surface area contributed by atoms with E-state index < -0.39 is 22.4 Å². The molecule has 1 aromatic carbocycles. The molecule has 1 aliphatic rings. The summed E-state index contributed by atoms with van der Waals surface area (Å²) in [5.74, 6) is 0. The monoisotopic (exact) mass is 422 g/mol. The molecule has 0 saturated carbocycles. The average Bonchev–Trinajstić information content (AvgIpc) is 2.47. The van der Waals surface area contributed by atoms with Crippen molar-refractivity contribution in [3.8, 4) is 0 Å². The van der Waals surface area contributed by atoms with E-state index in [0.717, 1.165) is 24.9 Å². The first kappa shape index (κ1) is 24.5. The molecule has 0 unspecified atom stereocenters. The van der Waals surface area contributed by atoms with Crippen LogP contribution in [0.3, 0.4) is 0 Å². The summed E-state index contributed by atoms with van der Waals surface area (Å²) in [6, 6.07) is 5.83. The lowest BCUT2D eigenvalue weighted by Gasteiger charge is -2.35. The van der Waals surface area contributed by atoms with Gasteiger partial charge in [0.05, 0.1) is 4.90 Å². The van der Waals surface area contributed by atoms with E-state index in [-0.39, 0.29) is 42.2 Å². The zero-order valence-corrected chi connectivity index (χ0v) is 16.2. The van der Waals surface area contributed by atoms with Gasteiger partial charge in [-0.3, -0.25) is 4.90 Å². The molecule has 2 rings (SSSR count).